The summed E-state index contributed by atoms with van der Waals surface area (Å²) in [6, 6.07) is 18.7. The van der Waals surface area contributed by atoms with Crippen LogP contribution in [0, 0.1) is 0 Å². The number of benzene rings is 2. The topological polar surface area (TPSA) is 53.6 Å². The predicted octanol–water partition coefficient (Wildman–Crippen LogP) is 3.47. The average molecular weight is 365 g/mol. The molecule has 0 saturated carbocycles. The number of hydrogen-bond acceptors (Lipinski definition) is 3. The van der Waals surface area contributed by atoms with Crippen molar-refractivity contribution in [3.63, 3.8) is 0 Å². The Hall–Kier alpha value is -2.53. The highest BCUT2D eigenvalue weighted by Gasteiger charge is 2.25. The van der Waals surface area contributed by atoms with E-state index in [-0.39, 0.29) is 18.1 Å². The number of piperidine rings is 1. The van der Waals surface area contributed by atoms with Crippen LogP contribution >= 0.6 is 0 Å². The van der Waals surface area contributed by atoms with Gasteiger partial charge in [0.2, 0.25) is 0 Å². The van der Waals surface area contributed by atoms with Crippen molar-refractivity contribution in [1.82, 2.24) is 15.5 Å². The fourth-order valence-corrected chi connectivity index (χ4v) is 3.95. The van der Waals surface area contributed by atoms with Crippen molar-refractivity contribution in [2.75, 3.05) is 19.7 Å². The van der Waals surface area contributed by atoms with Crippen LogP contribution in [0.3, 0.4) is 0 Å². The number of likely N-dealkylation sites (tertiary alicyclic amines) is 1. The summed E-state index contributed by atoms with van der Waals surface area (Å²) in [5, 5.41) is 6.29. The number of nitrogens with one attached hydrogen (secondary N) is 2. The van der Waals surface area contributed by atoms with Crippen molar-refractivity contribution >= 4 is 6.03 Å². The second kappa shape index (κ2) is 8.44. The first-order chi connectivity index (χ1) is 13.3. The van der Waals surface area contributed by atoms with Crippen LogP contribution in [0.15, 0.2) is 54.6 Å². The van der Waals surface area contributed by atoms with E-state index in [1.807, 2.05) is 24.3 Å². The van der Waals surface area contributed by atoms with Gasteiger partial charge in [-0.2, -0.15) is 0 Å². The van der Waals surface area contributed by atoms with E-state index in [2.05, 4.69) is 45.9 Å². The van der Waals surface area contributed by atoms with Crippen molar-refractivity contribution in [2.45, 2.75) is 37.9 Å². The number of urea groups is 1. The molecule has 2 amide bonds. The van der Waals surface area contributed by atoms with Crippen LogP contribution in [0.4, 0.5) is 4.79 Å². The van der Waals surface area contributed by atoms with Gasteiger partial charge in [0.1, 0.15) is 5.75 Å². The second-order valence-corrected chi connectivity index (χ2v) is 7.38. The molecule has 0 unspecified atom stereocenters. The Bertz CT molecular complexity index is 757. The molecule has 1 atom stereocenters. The van der Waals surface area contributed by atoms with Crippen LogP contribution in [0.2, 0.25) is 0 Å². The van der Waals surface area contributed by atoms with Gasteiger partial charge < -0.3 is 15.4 Å². The Morgan fingerprint density at radius 3 is 2.52 bits per heavy atom. The molecule has 2 aliphatic rings. The Labute approximate surface area is 160 Å². The van der Waals surface area contributed by atoms with Crippen molar-refractivity contribution < 1.29 is 9.53 Å². The Balaban J connectivity index is 1.24. The lowest BCUT2D eigenvalue weighted by Crippen LogP contribution is -2.48. The number of rotatable bonds is 4. The predicted molar refractivity (Wildman–Crippen MR) is 106 cm³/mol. The minimum absolute atomic E-state index is 0.0214. The Morgan fingerprint density at radius 2 is 1.70 bits per heavy atom. The molecule has 142 valence electrons. The smallest absolute Gasteiger partial charge is 0.315 e. The van der Waals surface area contributed by atoms with E-state index in [0.29, 0.717) is 6.61 Å². The van der Waals surface area contributed by atoms with E-state index in [0.717, 1.165) is 50.2 Å². The summed E-state index contributed by atoms with van der Waals surface area (Å²) in [7, 11) is 0. The molecule has 2 aromatic rings. The van der Waals surface area contributed by atoms with Gasteiger partial charge in [-0.15, -0.1) is 0 Å². The van der Waals surface area contributed by atoms with Gasteiger partial charge in [0.05, 0.1) is 12.6 Å². The first-order valence-corrected chi connectivity index (χ1v) is 9.83. The fourth-order valence-electron chi connectivity index (χ4n) is 3.95. The molecule has 0 radical (unpaired) electrons. The molecule has 2 aliphatic heterocycles. The monoisotopic (exact) mass is 365 g/mol. The lowest BCUT2D eigenvalue weighted by atomic mass is 10.0. The van der Waals surface area contributed by atoms with Gasteiger partial charge in [-0.25, -0.2) is 4.79 Å². The maximum absolute atomic E-state index is 12.5. The van der Waals surface area contributed by atoms with Crippen molar-refractivity contribution in [3.05, 3.63) is 65.7 Å². The Kier molecular flexibility index (Phi) is 5.58. The number of para-hydroxylation sites is 1. The average Bonchev–Trinajstić information content (AvgIpc) is 2.71. The summed E-state index contributed by atoms with van der Waals surface area (Å²) >= 11 is 0. The first kappa shape index (κ1) is 17.9. The molecule has 0 aliphatic carbocycles. The van der Waals surface area contributed by atoms with E-state index in [1.54, 1.807) is 0 Å². The maximum Gasteiger partial charge on any atom is 0.315 e. The van der Waals surface area contributed by atoms with Crippen LogP contribution in [0.1, 0.15) is 36.4 Å². The SMILES string of the molecule is O=C(NC1CCN(Cc2ccccc2)CC1)N[C@@H]1CCOc2ccccc21. The number of hydrogen-bond donors (Lipinski definition) is 2. The summed E-state index contributed by atoms with van der Waals surface area (Å²) in [5.41, 5.74) is 2.41. The summed E-state index contributed by atoms with van der Waals surface area (Å²) in [6.07, 6.45) is 2.79. The van der Waals surface area contributed by atoms with Crippen LogP contribution in [-0.2, 0) is 6.54 Å². The van der Waals surface area contributed by atoms with Crippen molar-refractivity contribution in [2.24, 2.45) is 0 Å². The van der Waals surface area contributed by atoms with Crippen LogP contribution in [0.5, 0.6) is 5.75 Å². The molecule has 1 fully saturated rings. The van der Waals surface area contributed by atoms with Crippen LogP contribution < -0.4 is 15.4 Å². The number of carbonyl (C=O) groups is 1. The van der Waals surface area contributed by atoms with Gasteiger partial charge in [0.15, 0.2) is 0 Å². The lowest BCUT2D eigenvalue weighted by Gasteiger charge is -2.33. The van der Waals surface area contributed by atoms with Crippen molar-refractivity contribution in [1.29, 1.82) is 0 Å². The first-order valence-electron chi connectivity index (χ1n) is 9.83. The molecule has 27 heavy (non-hydrogen) atoms. The maximum atomic E-state index is 12.5. The molecule has 1 saturated heterocycles. The standard InChI is InChI=1S/C22H27N3O2/c26-22(24-20-12-15-27-21-9-5-4-8-19(20)21)23-18-10-13-25(14-11-18)16-17-6-2-1-3-7-17/h1-9,18,20H,10-16H2,(H2,23,24,26)/t20-/m1/s1. The Morgan fingerprint density at radius 1 is 0.963 bits per heavy atom. The molecular weight excluding hydrogens is 338 g/mol. The molecule has 2 heterocycles. The lowest BCUT2D eigenvalue weighted by molar-refractivity contribution is 0.183. The zero-order valence-corrected chi connectivity index (χ0v) is 15.6. The highest BCUT2D eigenvalue weighted by Crippen LogP contribution is 2.31. The van der Waals surface area contributed by atoms with E-state index in [9.17, 15) is 4.79 Å². The van der Waals surface area contributed by atoms with Crippen LogP contribution in [0.25, 0.3) is 0 Å². The van der Waals surface area contributed by atoms with Gasteiger partial charge >= 0.3 is 6.03 Å². The molecule has 5 heteroatoms. The van der Waals surface area contributed by atoms with Gasteiger partial charge in [-0.1, -0.05) is 48.5 Å². The number of carbonyl (C=O) groups excluding carboxylic acids is 1. The zero-order chi connectivity index (χ0) is 18.5. The van der Waals surface area contributed by atoms with E-state index >= 15 is 0 Å². The third kappa shape index (κ3) is 4.61. The molecule has 0 bridgehead atoms. The molecule has 0 aromatic heterocycles. The molecule has 4 rings (SSSR count). The van der Waals surface area contributed by atoms with E-state index in [1.165, 1.54) is 5.56 Å². The second-order valence-electron chi connectivity index (χ2n) is 7.38. The molecule has 0 spiro atoms. The molecule has 2 N–H and O–H groups in total. The molecule has 2 aromatic carbocycles. The largest absolute Gasteiger partial charge is 0.493 e. The highest BCUT2D eigenvalue weighted by molar-refractivity contribution is 5.75. The molecule has 5 nitrogen and oxygen atoms in total. The fraction of sp³-hybridized carbons (Fsp3) is 0.409. The third-order valence-electron chi connectivity index (χ3n) is 5.44. The van der Waals surface area contributed by atoms with Gasteiger partial charge in [-0.3, -0.25) is 4.90 Å². The van der Waals surface area contributed by atoms with Gasteiger partial charge in [0.25, 0.3) is 0 Å². The normalized spacial score (nSPS) is 20.4. The number of ether oxygens (including phenoxy) is 1. The number of amides is 2. The minimum atomic E-state index is -0.0711. The summed E-state index contributed by atoms with van der Waals surface area (Å²) in [4.78, 5) is 14.9. The summed E-state index contributed by atoms with van der Waals surface area (Å²) in [6.45, 7) is 3.65. The third-order valence-corrected chi connectivity index (χ3v) is 5.44. The quantitative estimate of drug-likeness (QED) is 0.872. The van der Waals surface area contributed by atoms with Gasteiger partial charge in [-0.05, 0) is 24.5 Å². The van der Waals surface area contributed by atoms with Crippen molar-refractivity contribution in [3.8, 4) is 5.75 Å². The summed E-state index contributed by atoms with van der Waals surface area (Å²) < 4.78 is 5.67. The minimum Gasteiger partial charge on any atom is -0.493 e. The van der Waals surface area contributed by atoms with E-state index in [4.69, 9.17) is 4.74 Å². The molecular formula is C22H27N3O2. The van der Waals surface area contributed by atoms with Crippen LogP contribution in [-0.4, -0.2) is 36.7 Å². The van der Waals surface area contributed by atoms with Gasteiger partial charge in [0, 0.05) is 37.7 Å². The number of fused-ring (bicyclic) bond motifs is 1. The number of nitrogens with zero attached hydrogens (tertiary/aromatic N) is 1. The highest BCUT2D eigenvalue weighted by atomic mass is 16.5. The zero-order valence-electron chi connectivity index (χ0n) is 15.6. The summed E-state index contributed by atoms with van der Waals surface area (Å²) in [5.74, 6) is 0.878. The van der Waals surface area contributed by atoms with E-state index < -0.39 is 0 Å².